The van der Waals surface area contributed by atoms with Gasteiger partial charge in [-0.3, -0.25) is 0 Å². The lowest BCUT2D eigenvalue weighted by Crippen LogP contribution is -2.20. The van der Waals surface area contributed by atoms with E-state index < -0.39 is 7.82 Å². The smallest absolute Gasteiger partial charge is 0.386 e. The molecule has 3 rings (SSSR count). The van der Waals surface area contributed by atoms with Crippen molar-refractivity contribution in [2.24, 2.45) is 0 Å². The van der Waals surface area contributed by atoms with Crippen LogP contribution < -0.4 is 13.6 Å². The van der Waals surface area contributed by atoms with E-state index >= 15 is 4.57 Å². The molecule has 0 saturated carbocycles. The molecule has 0 atom stereocenters. The van der Waals surface area contributed by atoms with Gasteiger partial charge >= 0.3 is 7.82 Å². The second kappa shape index (κ2) is 12.6. The van der Waals surface area contributed by atoms with E-state index in [1.807, 2.05) is 36.4 Å². The molecule has 0 amide bonds. The predicted molar refractivity (Wildman–Crippen MR) is 201 cm³/mol. The molecule has 0 aliphatic rings. The van der Waals surface area contributed by atoms with Crippen LogP contribution >= 0.6 is 7.82 Å². The second-order valence-corrected chi connectivity index (χ2v) is 20.8. The van der Waals surface area contributed by atoms with Crippen LogP contribution in [0.3, 0.4) is 0 Å². The molecule has 4 nitrogen and oxygen atoms in total. The summed E-state index contributed by atoms with van der Waals surface area (Å²) in [6, 6.07) is 18.4. The Balaban J connectivity index is 2.31. The average molecular weight is 663 g/mol. The molecule has 0 radical (unpaired) electrons. The summed E-state index contributed by atoms with van der Waals surface area (Å²) < 4.78 is 34.9. The number of phosphoric ester groups is 1. The fourth-order valence-corrected chi connectivity index (χ4v) is 6.54. The van der Waals surface area contributed by atoms with E-state index in [2.05, 4.69) is 143 Å². The second-order valence-electron chi connectivity index (χ2n) is 19.4. The first-order chi connectivity index (χ1) is 20.9. The van der Waals surface area contributed by atoms with Gasteiger partial charge in [-0.15, -0.1) is 0 Å². The first-order valence-corrected chi connectivity index (χ1v) is 18.5. The molecule has 0 unspecified atom stereocenters. The maximum atomic E-state index is 15.3. The summed E-state index contributed by atoms with van der Waals surface area (Å²) >= 11 is 0. The summed E-state index contributed by atoms with van der Waals surface area (Å²) in [4.78, 5) is 0. The molecule has 0 spiro atoms. The molecule has 0 aliphatic carbocycles. The van der Waals surface area contributed by atoms with Crippen molar-refractivity contribution >= 4 is 7.82 Å². The average Bonchev–Trinajstić information content (AvgIpc) is 2.85. The zero-order valence-electron chi connectivity index (χ0n) is 32.8. The van der Waals surface area contributed by atoms with Crippen molar-refractivity contribution in [2.75, 3.05) is 0 Å². The van der Waals surface area contributed by atoms with Crippen molar-refractivity contribution in [3.05, 3.63) is 88.0 Å². The summed E-state index contributed by atoms with van der Waals surface area (Å²) in [5.41, 5.74) is 5.36. The number of hydrogen-bond acceptors (Lipinski definition) is 4. The quantitative estimate of drug-likeness (QED) is 0.246. The monoisotopic (exact) mass is 662 g/mol. The van der Waals surface area contributed by atoms with Gasteiger partial charge in [0.1, 0.15) is 17.2 Å². The lowest BCUT2D eigenvalue weighted by atomic mass is 9.80. The molecule has 0 aliphatic heterocycles. The zero-order valence-corrected chi connectivity index (χ0v) is 33.7. The third-order valence-corrected chi connectivity index (χ3v) is 9.86. The summed E-state index contributed by atoms with van der Waals surface area (Å²) in [7, 11) is -4.33. The summed E-state index contributed by atoms with van der Waals surface area (Å²) in [5, 5.41) is 0. The van der Waals surface area contributed by atoms with Crippen LogP contribution in [0.5, 0.6) is 17.2 Å². The minimum absolute atomic E-state index is 0.0671. The van der Waals surface area contributed by atoms with Gasteiger partial charge in [-0.2, -0.15) is 4.57 Å². The zero-order chi connectivity index (χ0) is 36.2. The predicted octanol–water partition coefficient (Wildman–Crippen LogP) is 13.1. The molecule has 0 fully saturated rings. The van der Waals surface area contributed by atoms with Gasteiger partial charge in [0.05, 0.1) is 0 Å². The van der Waals surface area contributed by atoms with E-state index in [0.29, 0.717) is 17.2 Å². The van der Waals surface area contributed by atoms with Crippen LogP contribution in [0.25, 0.3) is 0 Å². The molecule has 3 aromatic carbocycles. The highest BCUT2D eigenvalue weighted by Gasteiger charge is 2.38. The number of phosphoric acid groups is 1. The van der Waals surface area contributed by atoms with Gasteiger partial charge in [0.25, 0.3) is 0 Å². The fraction of sp³-hybridized carbons (Fsp3) is 0.571. The van der Waals surface area contributed by atoms with Crippen LogP contribution in [0.1, 0.15) is 158 Å². The Morgan fingerprint density at radius 1 is 0.383 bits per heavy atom. The van der Waals surface area contributed by atoms with Crippen LogP contribution in [0.2, 0.25) is 0 Å². The van der Waals surface area contributed by atoms with E-state index in [4.69, 9.17) is 13.6 Å². The minimum atomic E-state index is -4.33. The van der Waals surface area contributed by atoms with Crippen LogP contribution in [-0.2, 0) is 37.1 Å². The standard InChI is InChI=1S/C42H63O4P/c1-37(2,3)28-19-21-35(33(26-28)41(13,14)15)45-47(43,44-32-24-30(39(7,8)9)23-31(25-32)40(10,11)12)46-36-22-20-29(38(4,5)6)27-34(36)42(16,17)18/h19-27H,1-18H3. The Bertz CT molecular complexity index is 1510. The number of hydrogen-bond donors (Lipinski definition) is 0. The van der Waals surface area contributed by atoms with Crippen molar-refractivity contribution in [1.82, 2.24) is 0 Å². The Hall–Kier alpha value is -2.71. The number of rotatable bonds is 6. The largest absolute Gasteiger partial charge is 0.647 e. The van der Waals surface area contributed by atoms with Gasteiger partial charge in [-0.25, -0.2) is 0 Å². The summed E-state index contributed by atoms with van der Waals surface area (Å²) in [5.74, 6) is 1.43. The first kappa shape index (κ1) is 38.7. The highest BCUT2D eigenvalue weighted by atomic mass is 31.2. The molecule has 0 aromatic heterocycles. The fourth-order valence-electron chi connectivity index (χ4n) is 5.27. The Labute approximate surface area is 287 Å². The Morgan fingerprint density at radius 3 is 0.979 bits per heavy atom. The molecule has 260 valence electrons. The minimum Gasteiger partial charge on any atom is -0.386 e. The third-order valence-electron chi connectivity index (χ3n) is 8.58. The topological polar surface area (TPSA) is 44.8 Å². The van der Waals surface area contributed by atoms with Crippen molar-refractivity contribution in [3.8, 4) is 17.2 Å². The van der Waals surface area contributed by atoms with Gasteiger partial charge in [0.2, 0.25) is 0 Å². The Morgan fingerprint density at radius 2 is 0.702 bits per heavy atom. The van der Waals surface area contributed by atoms with Crippen LogP contribution in [-0.4, -0.2) is 0 Å². The van der Waals surface area contributed by atoms with E-state index in [1.54, 1.807) is 0 Å². The van der Waals surface area contributed by atoms with Crippen molar-refractivity contribution in [2.45, 2.75) is 157 Å². The SMILES string of the molecule is CC(C)(C)c1cc(OP(=O)(Oc2ccc(C(C)(C)C)cc2C(C)(C)C)Oc2ccc(C(C)(C)C)cc2C(C)(C)C)cc(C(C)(C)C)c1. The van der Waals surface area contributed by atoms with E-state index in [0.717, 1.165) is 22.3 Å². The molecule has 0 bridgehead atoms. The van der Waals surface area contributed by atoms with E-state index in [-0.39, 0.29) is 32.5 Å². The van der Waals surface area contributed by atoms with Crippen molar-refractivity contribution in [3.63, 3.8) is 0 Å². The third kappa shape index (κ3) is 9.91. The van der Waals surface area contributed by atoms with E-state index in [9.17, 15) is 0 Å². The van der Waals surface area contributed by atoms with Crippen LogP contribution in [0.15, 0.2) is 54.6 Å². The van der Waals surface area contributed by atoms with Gasteiger partial charge in [-0.1, -0.05) is 155 Å². The molecular weight excluding hydrogens is 599 g/mol. The summed E-state index contributed by atoms with van der Waals surface area (Å²) in [6.45, 7) is 39.0. The highest BCUT2D eigenvalue weighted by Crippen LogP contribution is 2.54. The maximum Gasteiger partial charge on any atom is 0.647 e. The normalized spacial score (nSPS) is 13.8. The van der Waals surface area contributed by atoms with Crippen LogP contribution in [0, 0.1) is 0 Å². The lowest BCUT2D eigenvalue weighted by Gasteiger charge is -2.31. The van der Waals surface area contributed by atoms with Gasteiger partial charge in [0, 0.05) is 11.1 Å². The van der Waals surface area contributed by atoms with E-state index in [1.165, 1.54) is 11.1 Å². The van der Waals surface area contributed by atoms with Gasteiger partial charge < -0.3 is 13.6 Å². The lowest BCUT2D eigenvalue weighted by molar-refractivity contribution is 0.292. The molecule has 3 aromatic rings. The van der Waals surface area contributed by atoms with Crippen LogP contribution in [0.4, 0.5) is 0 Å². The first-order valence-electron chi connectivity index (χ1n) is 17.1. The van der Waals surface area contributed by atoms with Gasteiger partial charge in [-0.05, 0) is 79.0 Å². The van der Waals surface area contributed by atoms with Crippen molar-refractivity contribution in [1.29, 1.82) is 0 Å². The molecule has 0 heterocycles. The molecule has 47 heavy (non-hydrogen) atoms. The molecule has 0 N–H and O–H groups in total. The maximum absolute atomic E-state index is 15.3. The molecule has 0 saturated heterocycles. The summed E-state index contributed by atoms with van der Waals surface area (Å²) in [6.07, 6.45) is 0. The molecular formula is C42H63O4P. The van der Waals surface area contributed by atoms with Gasteiger partial charge in [0.15, 0.2) is 0 Å². The Kier molecular flexibility index (Phi) is 10.4. The number of benzene rings is 3. The highest BCUT2D eigenvalue weighted by molar-refractivity contribution is 7.49. The molecule has 5 heteroatoms. The van der Waals surface area contributed by atoms with Crippen molar-refractivity contribution < 1.29 is 18.1 Å².